The standard InChI is InChI=1S/C31H45N5O2/c1-18(2)30(38)35-16-24(25(17-35)29(37)32-26-11-8-19(3)12-20(26)4)28-34-33-27(36(28)23-9-10-23)22-13-21(14-22)15-31(5,6)7/h8,11-12,18,21-25H,9-10,13-17H2,1-7H3,(H,32,37)/t21?,22?,24-,25-/m0/s1. The first-order chi connectivity index (χ1) is 17.9. The Labute approximate surface area is 227 Å². The first-order valence-electron chi connectivity index (χ1n) is 14.5. The van der Waals surface area contributed by atoms with E-state index in [1.165, 1.54) is 24.8 Å². The van der Waals surface area contributed by atoms with Crippen LogP contribution in [0.4, 0.5) is 5.69 Å². The molecule has 2 atom stereocenters. The molecule has 1 aromatic heterocycles. The van der Waals surface area contributed by atoms with Crippen LogP contribution in [0.3, 0.4) is 0 Å². The van der Waals surface area contributed by atoms with Gasteiger partial charge in [0.25, 0.3) is 0 Å². The molecule has 0 unspecified atom stereocenters. The molecule has 2 amide bonds. The molecule has 0 radical (unpaired) electrons. The van der Waals surface area contributed by atoms with E-state index >= 15 is 0 Å². The number of carbonyl (C=O) groups is 2. The van der Waals surface area contributed by atoms with Crippen LogP contribution >= 0.6 is 0 Å². The molecule has 1 saturated heterocycles. The van der Waals surface area contributed by atoms with Crippen molar-refractivity contribution in [2.75, 3.05) is 18.4 Å². The zero-order valence-electron chi connectivity index (χ0n) is 24.3. The number of nitrogens with one attached hydrogen (secondary N) is 1. The third-order valence-electron chi connectivity index (χ3n) is 8.60. The number of anilines is 1. The van der Waals surface area contributed by atoms with E-state index < -0.39 is 0 Å². The van der Waals surface area contributed by atoms with Gasteiger partial charge < -0.3 is 14.8 Å². The van der Waals surface area contributed by atoms with E-state index in [1.807, 2.05) is 37.8 Å². The Morgan fingerprint density at radius 1 is 1.05 bits per heavy atom. The van der Waals surface area contributed by atoms with Gasteiger partial charge in [0.15, 0.2) is 0 Å². The molecule has 1 aromatic carbocycles. The van der Waals surface area contributed by atoms with Gasteiger partial charge in [0.2, 0.25) is 11.8 Å². The van der Waals surface area contributed by atoms with Crippen LogP contribution in [0, 0.1) is 37.0 Å². The SMILES string of the molecule is Cc1ccc(NC(=O)[C@H]2CN(C(=O)C(C)C)C[C@@H]2c2nnc(C3CC(CC(C)(C)C)C3)n2C2CC2)c(C)c1. The fraction of sp³-hybridized carbons (Fsp3) is 0.677. The second-order valence-electron chi connectivity index (χ2n) is 13.7. The zero-order valence-corrected chi connectivity index (χ0v) is 24.3. The van der Waals surface area contributed by atoms with Crippen molar-refractivity contribution < 1.29 is 9.59 Å². The number of hydrogen-bond donors (Lipinski definition) is 1. The Morgan fingerprint density at radius 3 is 2.34 bits per heavy atom. The average Bonchev–Trinajstić information content (AvgIpc) is 3.40. The maximum Gasteiger partial charge on any atom is 0.230 e. The van der Waals surface area contributed by atoms with E-state index in [2.05, 4.69) is 43.6 Å². The lowest BCUT2D eigenvalue weighted by molar-refractivity contribution is -0.133. The van der Waals surface area contributed by atoms with Crippen molar-refractivity contribution in [1.82, 2.24) is 19.7 Å². The quantitative estimate of drug-likeness (QED) is 0.487. The second kappa shape index (κ2) is 10.1. The van der Waals surface area contributed by atoms with Gasteiger partial charge in [-0.25, -0.2) is 0 Å². The fourth-order valence-corrected chi connectivity index (χ4v) is 6.59. The Morgan fingerprint density at radius 2 is 1.74 bits per heavy atom. The molecule has 2 heterocycles. The molecule has 1 N–H and O–H groups in total. The van der Waals surface area contributed by atoms with Gasteiger partial charge in [-0.2, -0.15) is 0 Å². The van der Waals surface area contributed by atoms with Crippen LogP contribution in [-0.2, 0) is 9.59 Å². The summed E-state index contributed by atoms with van der Waals surface area (Å²) in [6.45, 7) is 15.8. The number of aryl methyl sites for hydroxylation is 2. The molecule has 3 aliphatic rings. The van der Waals surface area contributed by atoms with Crippen LogP contribution in [0.15, 0.2) is 18.2 Å². The van der Waals surface area contributed by atoms with Gasteiger partial charge in [0.05, 0.1) is 11.8 Å². The molecule has 0 spiro atoms. The number of carbonyl (C=O) groups excluding carboxylic acids is 2. The molecule has 206 valence electrons. The number of rotatable bonds is 7. The first kappa shape index (κ1) is 26.9. The van der Waals surface area contributed by atoms with E-state index in [0.717, 1.165) is 41.7 Å². The third-order valence-corrected chi connectivity index (χ3v) is 8.60. The van der Waals surface area contributed by atoms with Crippen molar-refractivity contribution in [3.05, 3.63) is 41.0 Å². The van der Waals surface area contributed by atoms with Crippen molar-refractivity contribution in [2.24, 2.45) is 23.2 Å². The summed E-state index contributed by atoms with van der Waals surface area (Å²) in [6.07, 6.45) is 5.85. The van der Waals surface area contributed by atoms with Crippen LogP contribution in [0.25, 0.3) is 0 Å². The Kier molecular flexibility index (Phi) is 7.16. The molecule has 1 aliphatic heterocycles. The van der Waals surface area contributed by atoms with E-state index in [0.29, 0.717) is 30.5 Å². The largest absolute Gasteiger partial charge is 0.341 e. The van der Waals surface area contributed by atoms with Crippen molar-refractivity contribution in [3.63, 3.8) is 0 Å². The maximum absolute atomic E-state index is 13.7. The normalized spacial score (nSPS) is 25.5. The van der Waals surface area contributed by atoms with Gasteiger partial charge in [0.1, 0.15) is 11.6 Å². The zero-order chi connectivity index (χ0) is 27.4. The van der Waals surface area contributed by atoms with Gasteiger partial charge in [-0.15, -0.1) is 10.2 Å². The molecule has 2 aromatic rings. The molecule has 2 saturated carbocycles. The third kappa shape index (κ3) is 5.52. The number of likely N-dealkylation sites (tertiary alicyclic amines) is 1. The van der Waals surface area contributed by atoms with Gasteiger partial charge in [0, 0.05) is 36.7 Å². The molecule has 5 rings (SSSR count). The minimum Gasteiger partial charge on any atom is -0.341 e. The van der Waals surface area contributed by atoms with Gasteiger partial charge in [-0.05, 0) is 68.9 Å². The Balaban J connectivity index is 1.41. The molecular weight excluding hydrogens is 474 g/mol. The van der Waals surface area contributed by atoms with Crippen molar-refractivity contribution in [3.8, 4) is 0 Å². The smallest absolute Gasteiger partial charge is 0.230 e. The summed E-state index contributed by atoms with van der Waals surface area (Å²) in [5.74, 6) is 2.63. The van der Waals surface area contributed by atoms with E-state index in [4.69, 9.17) is 10.2 Å². The highest BCUT2D eigenvalue weighted by Gasteiger charge is 2.46. The summed E-state index contributed by atoms with van der Waals surface area (Å²) < 4.78 is 2.38. The van der Waals surface area contributed by atoms with Gasteiger partial charge >= 0.3 is 0 Å². The number of nitrogens with zero attached hydrogens (tertiary/aromatic N) is 4. The van der Waals surface area contributed by atoms with E-state index in [9.17, 15) is 9.59 Å². The predicted octanol–water partition coefficient (Wildman–Crippen LogP) is 6.00. The lowest BCUT2D eigenvalue weighted by Gasteiger charge is -2.38. The predicted molar refractivity (Wildman–Crippen MR) is 150 cm³/mol. The summed E-state index contributed by atoms with van der Waals surface area (Å²) >= 11 is 0. The average molecular weight is 520 g/mol. The summed E-state index contributed by atoms with van der Waals surface area (Å²) in [7, 11) is 0. The van der Waals surface area contributed by atoms with Gasteiger partial charge in [-0.1, -0.05) is 52.3 Å². The molecule has 7 heteroatoms. The molecule has 2 aliphatic carbocycles. The monoisotopic (exact) mass is 519 g/mol. The maximum atomic E-state index is 13.7. The lowest BCUT2D eigenvalue weighted by Crippen LogP contribution is -2.34. The summed E-state index contributed by atoms with van der Waals surface area (Å²) in [6, 6.07) is 6.50. The first-order valence-corrected chi connectivity index (χ1v) is 14.5. The minimum atomic E-state index is -0.358. The van der Waals surface area contributed by atoms with Crippen LogP contribution < -0.4 is 5.32 Å². The number of hydrogen-bond acceptors (Lipinski definition) is 4. The number of amides is 2. The van der Waals surface area contributed by atoms with Crippen molar-refractivity contribution in [1.29, 1.82) is 0 Å². The summed E-state index contributed by atoms with van der Waals surface area (Å²) in [5, 5.41) is 12.7. The molecular formula is C31H45N5O2. The van der Waals surface area contributed by atoms with Crippen molar-refractivity contribution >= 4 is 17.5 Å². The highest BCUT2D eigenvalue weighted by atomic mass is 16.2. The fourth-order valence-electron chi connectivity index (χ4n) is 6.59. The number of aromatic nitrogens is 3. The minimum absolute atomic E-state index is 0.0400. The van der Waals surface area contributed by atoms with Crippen LogP contribution in [0.1, 0.15) is 107 Å². The molecule has 3 fully saturated rings. The highest BCUT2D eigenvalue weighted by molar-refractivity contribution is 5.95. The second-order valence-corrected chi connectivity index (χ2v) is 13.7. The summed E-state index contributed by atoms with van der Waals surface area (Å²) in [4.78, 5) is 28.7. The molecule has 0 bridgehead atoms. The molecule has 7 nitrogen and oxygen atoms in total. The summed E-state index contributed by atoms with van der Waals surface area (Å²) in [5.41, 5.74) is 3.38. The van der Waals surface area contributed by atoms with Crippen LogP contribution in [0.2, 0.25) is 0 Å². The van der Waals surface area contributed by atoms with E-state index in [-0.39, 0.29) is 29.6 Å². The van der Waals surface area contributed by atoms with E-state index in [1.54, 1.807) is 0 Å². The van der Waals surface area contributed by atoms with Crippen LogP contribution in [0.5, 0.6) is 0 Å². The highest BCUT2D eigenvalue weighted by Crippen LogP contribution is 2.49. The topological polar surface area (TPSA) is 80.1 Å². The van der Waals surface area contributed by atoms with Crippen molar-refractivity contribution in [2.45, 2.75) is 98.4 Å². The van der Waals surface area contributed by atoms with Crippen LogP contribution in [-0.4, -0.2) is 44.6 Å². The van der Waals surface area contributed by atoms with Gasteiger partial charge in [-0.3, -0.25) is 9.59 Å². The Hall–Kier alpha value is -2.70. The number of benzene rings is 1. The Bertz CT molecular complexity index is 1200. The lowest BCUT2D eigenvalue weighted by atomic mass is 9.68. The molecule has 38 heavy (non-hydrogen) atoms.